The number of anilines is 2. The van der Waals surface area contributed by atoms with Crippen molar-refractivity contribution >= 4 is 27.3 Å². The third-order valence-electron chi connectivity index (χ3n) is 3.45. The molecule has 0 heterocycles. The zero-order valence-corrected chi connectivity index (χ0v) is 15.0. The first-order valence-electron chi connectivity index (χ1n) is 7.41. The van der Waals surface area contributed by atoms with E-state index in [9.17, 15) is 13.2 Å². The first-order chi connectivity index (χ1) is 11.8. The number of hydrogen-bond donors (Lipinski definition) is 1. The molecule has 0 saturated heterocycles. The van der Waals surface area contributed by atoms with Gasteiger partial charge < -0.3 is 14.8 Å². The number of para-hydroxylation sites is 2. The average Bonchev–Trinajstić information content (AvgIpc) is 2.59. The number of benzene rings is 2. The van der Waals surface area contributed by atoms with Gasteiger partial charge in [0.15, 0.2) is 6.61 Å². The van der Waals surface area contributed by atoms with E-state index in [0.29, 0.717) is 22.9 Å². The van der Waals surface area contributed by atoms with Crippen molar-refractivity contribution in [3.63, 3.8) is 0 Å². The Morgan fingerprint density at radius 2 is 1.76 bits per heavy atom. The Morgan fingerprint density at radius 1 is 1.12 bits per heavy atom. The molecule has 0 saturated carbocycles. The van der Waals surface area contributed by atoms with Gasteiger partial charge in [0, 0.05) is 7.05 Å². The monoisotopic (exact) mass is 364 g/mol. The van der Waals surface area contributed by atoms with Crippen LogP contribution in [0.3, 0.4) is 0 Å². The van der Waals surface area contributed by atoms with Crippen molar-refractivity contribution in [3.05, 3.63) is 48.5 Å². The first kappa shape index (κ1) is 18.6. The summed E-state index contributed by atoms with van der Waals surface area (Å²) in [6, 6.07) is 13.5. The molecule has 0 aliphatic carbocycles. The van der Waals surface area contributed by atoms with Crippen molar-refractivity contribution in [1.82, 2.24) is 0 Å². The van der Waals surface area contributed by atoms with Crippen molar-refractivity contribution in [3.8, 4) is 11.5 Å². The molecule has 0 radical (unpaired) electrons. The summed E-state index contributed by atoms with van der Waals surface area (Å²) < 4.78 is 34.7. The number of amides is 1. The molecular formula is C17H20N2O5S. The summed E-state index contributed by atoms with van der Waals surface area (Å²) in [6.07, 6.45) is 1.12. The number of rotatable bonds is 7. The second-order valence-electron chi connectivity index (χ2n) is 5.26. The Kier molecular flexibility index (Phi) is 5.87. The van der Waals surface area contributed by atoms with Gasteiger partial charge >= 0.3 is 0 Å². The van der Waals surface area contributed by atoms with E-state index < -0.39 is 10.0 Å². The minimum atomic E-state index is -3.32. The van der Waals surface area contributed by atoms with Gasteiger partial charge in [0.1, 0.15) is 11.5 Å². The molecule has 2 aromatic carbocycles. The molecule has 0 spiro atoms. The van der Waals surface area contributed by atoms with Crippen molar-refractivity contribution in [1.29, 1.82) is 0 Å². The lowest BCUT2D eigenvalue weighted by Crippen LogP contribution is -2.24. The summed E-state index contributed by atoms with van der Waals surface area (Å²) in [4.78, 5) is 12.0. The second kappa shape index (κ2) is 7.89. The van der Waals surface area contributed by atoms with Gasteiger partial charge in [0.05, 0.1) is 24.7 Å². The number of nitrogens with zero attached hydrogens (tertiary/aromatic N) is 1. The molecule has 7 nitrogen and oxygen atoms in total. The molecule has 2 rings (SSSR count). The largest absolute Gasteiger partial charge is 0.495 e. The lowest BCUT2D eigenvalue weighted by molar-refractivity contribution is -0.118. The number of carbonyl (C=O) groups is 1. The molecular weight excluding hydrogens is 344 g/mol. The van der Waals surface area contributed by atoms with Crippen LogP contribution in [0.2, 0.25) is 0 Å². The molecule has 0 aliphatic heterocycles. The van der Waals surface area contributed by atoms with Gasteiger partial charge in [-0.25, -0.2) is 8.42 Å². The van der Waals surface area contributed by atoms with Crippen LogP contribution in [0.25, 0.3) is 0 Å². The molecule has 2 aromatic rings. The maximum absolute atomic E-state index is 12.0. The summed E-state index contributed by atoms with van der Waals surface area (Å²) in [6.45, 7) is -0.181. The normalized spacial score (nSPS) is 10.8. The first-order valence-corrected chi connectivity index (χ1v) is 9.25. The molecule has 0 aliphatic rings. The van der Waals surface area contributed by atoms with Gasteiger partial charge in [-0.15, -0.1) is 0 Å². The van der Waals surface area contributed by atoms with Crippen molar-refractivity contribution in [2.75, 3.05) is 36.6 Å². The predicted octanol–water partition coefficient (Wildman–Crippen LogP) is 2.11. The topological polar surface area (TPSA) is 84.9 Å². The lowest BCUT2D eigenvalue weighted by Gasteiger charge is -2.16. The van der Waals surface area contributed by atoms with Gasteiger partial charge in [-0.1, -0.05) is 12.1 Å². The fourth-order valence-corrected chi connectivity index (χ4v) is 2.53. The van der Waals surface area contributed by atoms with Crippen LogP contribution < -0.4 is 19.1 Å². The highest BCUT2D eigenvalue weighted by molar-refractivity contribution is 7.92. The maximum atomic E-state index is 12.0. The van der Waals surface area contributed by atoms with E-state index in [1.807, 2.05) is 0 Å². The summed E-state index contributed by atoms with van der Waals surface area (Å²) in [5.74, 6) is 0.687. The van der Waals surface area contributed by atoms with Gasteiger partial charge in [0.25, 0.3) is 5.91 Å². The fraction of sp³-hybridized carbons (Fsp3) is 0.235. The standard InChI is InChI=1S/C17H20N2O5S/c1-19(25(3,21)22)13-8-10-14(11-9-13)24-12-17(20)18-15-6-4-5-7-16(15)23-2/h4-11H,12H2,1-3H3,(H,18,20). The molecule has 25 heavy (non-hydrogen) atoms. The van der Waals surface area contributed by atoms with Gasteiger partial charge in [-0.3, -0.25) is 9.10 Å². The van der Waals surface area contributed by atoms with E-state index in [-0.39, 0.29) is 12.5 Å². The summed E-state index contributed by atoms with van der Waals surface area (Å²) in [5, 5.41) is 2.70. The Morgan fingerprint density at radius 3 is 2.36 bits per heavy atom. The van der Waals surface area contributed by atoms with Crippen LogP contribution in [0.4, 0.5) is 11.4 Å². The molecule has 1 amide bonds. The van der Waals surface area contributed by atoms with Crippen LogP contribution >= 0.6 is 0 Å². The van der Waals surface area contributed by atoms with E-state index in [0.717, 1.165) is 10.6 Å². The third-order valence-corrected chi connectivity index (χ3v) is 4.65. The molecule has 1 N–H and O–H groups in total. The average molecular weight is 364 g/mol. The van der Waals surface area contributed by atoms with Crippen molar-refractivity contribution in [2.24, 2.45) is 0 Å². The molecule has 0 aromatic heterocycles. The van der Waals surface area contributed by atoms with Crippen LogP contribution in [-0.2, 0) is 14.8 Å². The Hall–Kier alpha value is -2.74. The Balaban J connectivity index is 1.94. The molecule has 0 bridgehead atoms. The van der Waals surface area contributed by atoms with E-state index in [2.05, 4.69) is 5.32 Å². The summed E-state index contributed by atoms with van der Waals surface area (Å²) >= 11 is 0. The quantitative estimate of drug-likeness (QED) is 0.813. The minimum absolute atomic E-state index is 0.181. The zero-order chi connectivity index (χ0) is 18.4. The summed E-state index contributed by atoms with van der Waals surface area (Å²) in [7, 11) is -0.331. The van der Waals surface area contributed by atoms with E-state index in [1.54, 1.807) is 48.5 Å². The molecule has 134 valence electrons. The van der Waals surface area contributed by atoms with Crippen molar-refractivity contribution < 1.29 is 22.7 Å². The number of hydrogen-bond acceptors (Lipinski definition) is 5. The number of ether oxygens (including phenoxy) is 2. The number of methoxy groups -OCH3 is 1. The van der Waals surface area contributed by atoms with Crippen LogP contribution in [0.1, 0.15) is 0 Å². The number of carbonyl (C=O) groups excluding carboxylic acids is 1. The smallest absolute Gasteiger partial charge is 0.262 e. The van der Waals surface area contributed by atoms with Crippen LogP contribution in [0.5, 0.6) is 11.5 Å². The third kappa shape index (κ3) is 5.12. The Labute approximate surface area is 147 Å². The van der Waals surface area contributed by atoms with E-state index in [4.69, 9.17) is 9.47 Å². The highest BCUT2D eigenvalue weighted by Gasteiger charge is 2.12. The molecule has 8 heteroatoms. The van der Waals surface area contributed by atoms with Gasteiger partial charge in [-0.2, -0.15) is 0 Å². The van der Waals surface area contributed by atoms with Crippen LogP contribution in [0.15, 0.2) is 48.5 Å². The molecule has 0 atom stereocenters. The van der Waals surface area contributed by atoms with E-state index in [1.165, 1.54) is 14.2 Å². The van der Waals surface area contributed by atoms with Crippen LogP contribution in [-0.4, -0.2) is 41.3 Å². The van der Waals surface area contributed by atoms with Crippen molar-refractivity contribution in [2.45, 2.75) is 0 Å². The lowest BCUT2D eigenvalue weighted by atomic mass is 10.3. The fourth-order valence-electron chi connectivity index (χ4n) is 2.03. The SMILES string of the molecule is COc1ccccc1NC(=O)COc1ccc(N(C)S(C)(=O)=O)cc1. The molecule has 0 fully saturated rings. The zero-order valence-electron chi connectivity index (χ0n) is 14.2. The second-order valence-corrected chi connectivity index (χ2v) is 7.28. The predicted molar refractivity (Wildman–Crippen MR) is 96.8 cm³/mol. The minimum Gasteiger partial charge on any atom is -0.495 e. The summed E-state index contributed by atoms with van der Waals surface area (Å²) in [5.41, 5.74) is 1.07. The van der Waals surface area contributed by atoms with Gasteiger partial charge in [-0.05, 0) is 36.4 Å². The molecule has 0 unspecified atom stereocenters. The maximum Gasteiger partial charge on any atom is 0.262 e. The van der Waals surface area contributed by atoms with E-state index >= 15 is 0 Å². The van der Waals surface area contributed by atoms with Crippen LogP contribution in [0, 0.1) is 0 Å². The number of nitrogens with one attached hydrogen (secondary N) is 1. The number of sulfonamides is 1. The highest BCUT2D eigenvalue weighted by atomic mass is 32.2. The van der Waals surface area contributed by atoms with Gasteiger partial charge in [0.2, 0.25) is 10.0 Å². The highest BCUT2D eigenvalue weighted by Crippen LogP contribution is 2.23. The Bertz CT molecular complexity index is 834.